The summed E-state index contributed by atoms with van der Waals surface area (Å²) in [5.41, 5.74) is -0.377. The van der Waals surface area contributed by atoms with Crippen molar-refractivity contribution in [3.63, 3.8) is 0 Å². The standard InChI is InChI=1S/C17H28N2O2/c1-16(2,3)14(20)10-18-15(21)19-17-7-11-4-12(8-17)6-13(5-11)9-17/h11-13H,4-10H2,1-3H3,(H2,18,19,21). The van der Waals surface area contributed by atoms with Gasteiger partial charge in [-0.2, -0.15) is 0 Å². The smallest absolute Gasteiger partial charge is 0.315 e. The Morgan fingerprint density at radius 3 is 1.90 bits per heavy atom. The fraction of sp³-hybridized carbons (Fsp3) is 0.882. The molecule has 4 bridgehead atoms. The zero-order valence-electron chi connectivity index (χ0n) is 13.5. The monoisotopic (exact) mass is 292 g/mol. The summed E-state index contributed by atoms with van der Waals surface area (Å²) >= 11 is 0. The molecule has 118 valence electrons. The number of rotatable bonds is 3. The number of Topliss-reactive ketones (excluding diaryl/α,β-unsaturated/α-hetero) is 1. The Morgan fingerprint density at radius 1 is 1.00 bits per heavy atom. The predicted molar refractivity (Wildman–Crippen MR) is 81.9 cm³/mol. The molecule has 0 aromatic rings. The minimum atomic E-state index is -0.395. The minimum absolute atomic E-state index is 0.0175. The maximum atomic E-state index is 12.2. The van der Waals surface area contributed by atoms with Gasteiger partial charge >= 0.3 is 6.03 Å². The molecule has 0 heterocycles. The molecule has 4 aliphatic rings. The van der Waals surface area contributed by atoms with Gasteiger partial charge in [-0.3, -0.25) is 4.79 Å². The van der Waals surface area contributed by atoms with Gasteiger partial charge in [0, 0.05) is 11.0 Å². The van der Waals surface area contributed by atoms with Crippen molar-refractivity contribution in [2.75, 3.05) is 6.54 Å². The van der Waals surface area contributed by atoms with E-state index in [4.69, 9.17) is 0 Å². The van der Waals surface area contributed by atoms with Gasteiger partial charge in [-0.1, -0.05) is 20.8 Å². The van der Waals surface area contributed by atoms with Gasteiger partial charge in [0.25, 0.3) is 0 Å². The van der Waals surface area contributed by atoms with E-state index in [1.165, 1.54) is 19.3 Å². The number of amides is 2. The van der Waals surface area contributed by atoms with Gasteiger partial charge in [0.15, 0.2) is 5.78 Å². The Labute approximate surface area is 127 Å². The third kappa shape index (κ3) is 3.09. The molecule has 4 fully saturated rings. The van der Waals surface area contributed by atoms with E-state index in [2.05, 4.69) is 10.6 Å². The largest absolute Gasteiger partial charge is 0.333 e. The van der Waals surface area contributed by atoms with Gasteiger partial charge in [-0.15, -0.1) is 0 Å². The first-order valence-electron chi connectivity index (χ1n) is 8.35. The average Bonchev–Trinajstić information content (AvgIpc) is 2.32. The summed E-state index contributed by atoms with van der Waals surface area (Å²) in [6.45, 7) is 5.78. The lowest BCUT2D eigenvalue weighted by atomic mass is 9.53. The third-order valence-electron chi connectivity index (χ3n) is 5.66. The van der Waals surface area contributed by atoms with Crippen LogP contribution in [-0.4, -0.2) is 23.9 Å². The highest BCUT2D eigenvalue weighted by molar-refractivity contribution is 5.89. The van der Waals surface area contributed by atoms with Crippen LogP contribution in [0.2, 0.25) is 0 Å². The second-order valence-corrected chi connectivity index (χ2v) is 8.68. The van der Waals surface area contributed by atoms with Crippen LogP contribution in [0.1, 0.15) is 59.3 Å². The average molecular weight is 292 g/mol. The van der Waals surface area contributed by atoms with E-state index in [-0.39, 0.29) is 23.9 Å². The number of nitrogens with one attached hydrogen (secondary N) is 2. The van der Waals surface area contributed by atoms with E-state index in [1.807, 2.05) is 20.8 Å². The van der Waals surface area contributed by atoms with Crippen LogP contribution < -0.4 is 10.6 Å². The molecule has 2 N–H and O–H groups in total. The zero-order valence-corrected chi connectivity index (χ0v) is 13.5. The maximum absolute atomic E-state index is 12.2. The van der Waals surface area contributed by atoms with Crippen LogP contribution >= 0.6 is 0 Å². The van der Waals surface area contributed by atoms with E-state index in [0.29, 0.717) is 0 Å². The lowest BCUT2D eigenvalue weighted by Crippen LogP contribution is -2.61. The van der Waals surface area contributed by atoms with Crippen LogP contribution in [0.5, 0.6) is 0 Å². The second kappa shape index (κ2) is 4.99. The van der Waals surface area contributed by atoms with Crippen molar-refractivity contribution in [3.05, 3.63) is 0 Å². The normalized spacial score (nSPS) is 37.4. The molecular weight excluding hydrogens is 264 g/mol. The highest BCUT2D eigenvalue weighted by Crippen LogP contribution is 2.55. The summed E-state index contributed by atoms with van der Waals surface area (Å²) in [6.07, 6.45) is 7.51. The quantitative estimate of drug-likeness (QED) is 0.840. The molecule has 21 heavy (non-hydrogen) atoms. The van der Waals surface area contributed by atoms with Crippen LogP contribution in [0.15, 0.2) is 0 Å². The summed E-state index contributed by atoms with van der Waals surface area (Å²) in [5.74, 6) is 2.51. The van der Waals surface area contributed by atoms with Crippen molar-refractivity contribution >= 4 is 11.8 Å². The number of urea groups is 1. The van der Waals surface area contributed by atoms with E-state index >= 15 is 0 Å². The summed E-state index contributed by atoms with van der Waals surface area (Å²) < 4.78 is 0. The molecule has 0 saturated heterocycles. The van der Waals surface area contributed by atoms with Gasteiger partial charge in [0.1, 0.15) is 0 Å². The van der Waals surface area contributed by atoms with Crippen molar-refractivity contribution < 1.29 is 9.59 Å². The fourth-order valence-electron chi connectivity index (χ4n) is 4.97. The SMILES string of the molecule is CC(C)(C)C(=O)CNC(=O)NC12CC3CC(CC(C3)C1)C2. The highest BCUT2D eigenvalue weighted by Gasteiger charge is 2.51. The molecule has 4 saturated carbocycles. The zero-order chi connectivity index (χ0) is 15.3. The van der Waals surface area contributed by atoms with Crippen LogP contribution in [0.4, 0.5) is 4.79 Å². The van der Waals surface area contributed by atoms with Crippen molar-refractivity contribution in [2.45, 2.75) is 64.8 Å². The molecule has 4 heteroatoms. The number of carbonyl (C=O) groups is 2. The molecule has 4 aliphatic carbocycles. The van der Waals surface area contributed by atoms with Crippen molar-refractivity contribution in [1.82, 2.24) is 10.6 Å². The van der Waals surface area contributed by atoms with Crippen molar-refractivity contribution in [3.8, 4) is 0 Å². The number of ketones is 1. The number of carbonyl (C=O) groups excluding carboxylic acids is 2. The Morgan fingerprint density at radius 2 is 1.48 bits per heavy atom. The maximum Gasteiger partial charge on any atom is 0.315 e. The predicted octanol–water partition coefficient (Wildman–Crippen LogP) is 2.87. The number of hydrogen-bond donors (Lipinski definition) is 2. The molecule has 4 rings (SSSR count). The Hall–Kier alpha value is -1.06. The van der Waals surface area contributed by atoms with Crippen LogP contribution in [0.3, 0.4) is 0 Å². The summed E-state index contributed by atoms with van der Waals surface area (Å²) in [5, 5.41) is 5.99. The summed E-state index contributed by atoms with van der Waals surface area (Å²) in [7, 11) is 0. The molecule has 0 aromatic heterocycles. The molecule has 2 amide bonds. The molecule has 0 aliphatic heterocycles. The summed E-state index contributed by atoms with van der Waals surface area (Å²) in [6, 6.07) is -0.158. The van der Waals surface area contributed by atoms with Crippen LogP contribution in [-0.2, 0) is 4.79 Å². The van der Waals surface area contributed by atoms with Crippen LogP contribution in [0.25, 0.3) is 0 Å². The van der Waals surface area contributed by atoms with Crippen molar-refractivity contribution in [2.24, 2.45) is 23.2 Å². The molecule has 0 unspecified atom stereocenters. The van der Waals surface area contributed by atoms with E-state index < -0.39 is 5.41 Å². The lowest BCUT2D eigenvalue weighted by Gasteiger charge is -2.56. The van der Waals surface area contributed by atoms with Gasteiger partial charge in [-0.25, -0.2) is 4.79 Å². The first-order valence-corrected chi connectivity index (χ1v) is 8.35. The Bertz CT molecular complexity index is 415. The van der Waals surface area contributed by atoms with Crippen molar-refractivity contribution in [1.29, 1.82) is 0 Å². The molecule has 0 radical (unpaired) electrons. The first kappa shape index (κ1) is 14.9. The third-order valence-corrected chi connectivity index (χ3v) is 5.66. The number of hydrogen-bond acceptors (Lipinski definition) is 2. The van der Waals surface area contributed by atoms with Gasteiger partial charge in [0.2, 0.25) is 0 Å². The van der Waals surface area contributed by atoms with E-state index in [1.54, 1.807) is 0 Å². The highest BCUT2D eigenvalue weighted by atomic mass is 16.2. The first-order chi connectivity index (χ1) is 9.76. The molecule has 0 atom stereocenters. The molecule has 0 aromatic carbocycles. The van der Waals surface area contributed by atoms with Gasteiger partial charge in [-0.05, 0) is 56.3 Å². The summed E-state index contributed by atoms with van der Waals surface area (Å²) in [4.78, 5) is 24.1. The molecular formula is C17H28N2O2. The lowest BCUT2D eigenvalue weighted by molar-refractivity contribution is -0.125. The minimum Gasteiger partial charge on any atom is -0.333 e. The van der Waals surface area contributed by atoms with E-state index in [9.17, 15) is 9.59 Å². The van der Waals surface area contributed by atoms with E-state index in [0.717, 1.165) is 37.0 Å². The second-order valence-electron chi connectivity index (χ2n) is 8.68. The van der Waals surface area contributed by atoms with Gasteiger partial charge < -0.3 is 10.6 Å². The Kier molecular flexibility index (Phi) is 3.53. The molecule has 0 spiro atoms. The fourth-order valence-corrected chi connectivity index (χ4v) is 4.97. The van der Waals surface area contributed by atoms with Gasteiger partial charge in [0.05, 0.1) is 6.54 Å². The molecule has 4 nitrogen and oxygen atoms in total. The topological polar surface area (TPSA) is 58.2 Å². The Balaban J connectivity index is 1.54. The van der Waals surface area contributed by atoms with Crippen LogP contribution in [0, 0.1) is 23.2 Å².